The maximum atomic E-state index is 11.9. The number of benzene rings is 1. The molecule has 0 saturated carbocycles. The number of para-hydroxylation sites is 1. The van der Waals surface area contributed by atoms with Crippen LogP contribution in [0.1, 0.15) is 39.6 Å². The highest BCUT2D eigenvalue weighted by molar-refractivity contribution is 5.77. The van der Waals surface area contributed by atoms with Crippen molar-refractivity contribution in [3.05, 3.63) is 40.4 Å². The summed E-state index contributed by atoms with van der Waals surface area (Å²) in [6, 6.07) is 7.29. The van der Waals surface area contributed by atoms with Crippen molar-refractivity contribution < 1.29 is 4.74 Å². The maximum Gasteiger partial charge on any atom is 0.258 e. The van der Waals surface area contributed by atoms with Gasteiger partial charge in [-0.1, -0.05) is 12.1 Å². The van der Waals surface area contributed by atoms with Gasteiger partial charge in [0, 0.05) is 0 Å². The Labute approximate surface area is 106 Å². The fourth-order valence-corrected chi connectivity index (χ4v) is 1.88. The molecular weight excluding hydrogens is 228 g/mol. The van der Waals surface area contributed by atoms with E-state index in [0.29, 0.717) is 16.7 Å². The molecule has 0 saturated heterocycles. The molecule has 1 atom stereocenters. The lowest BCUT2D eigenvalue weighted by molar-refractivity contribution is -0.0566. The second kappa shape index (κ2) is 4.53. The largest absolute Gasteiger partial charge is 0.365 e. The average Bonchev–Trinajstić information content (AvgIpc) is 2.26. The second-order valence-corrected chi connectivity index (χ2v) is 5.34. The number of hydrogen-bond acceptors (Lipinski definition) is 3. The highest BCUT2D eigenvalue weighted by Crippen LogP contribution is 2.20. The summed E-state index contributed by atoms with van der Waals surface area (Å²) in [4.78, 5) is 19.1. The van der Waals surface area contributed by atoms with Gasteiger partial charge in [0.2, 0.25) is 0 Å². The summed E-state index contributed by atoms with van der Waals surface area (Å²) in [7, 11) is 0. The zero-order valence-corrected chi connectivity index (χ0v) is 11.2. The molecule has 2 aromatic rings. The van der Waals surface area contributed by atoms with Crippen LogP contribution >= 0.6 is 0 Å². The van der Waals surface area contributed by atoms with Crippen LogP contribution in [0.25, 0.3) is 10.9 Å². The van der Waals surface area contributed by atoms with E-state index in [1.165, 1.54) is 0 Å². The van der Waals surface area contributed by atoms with Crippen LogP contribution in [-0.2, 0) is 4.74 Å². The fourth-order valence-electron chi connectivity index (χ4n) is 1.88. The van der Waals surface area contributed by atoms with Crippen LogP contribution in [0.2, 0.25) is 0 Å². The number of aromatic nitrogens is 2. The van der Waals surface area contributed by atoms with E-state index in [1.807, 2.05) is 45.9 Å². The molecule has 1 unspecified atom stereocenters. The van der Waals surface area contributed by atoms with Crippen molar-refractivity contribution in [3.8, 4) is 0 Å². The zero-order chi connectivity index (χ0) is 13.3. The van der Waals surface area contributed by atoms with E-state index in [0.717, 1.165) is 0 Å². The second-order valence-electron chi connectivity index (χ2n) is 5.34. The molecule has 0 aliphatic heterocycles. The Bertz CT molecular complexity index is 611. The summed E-state index contributed by atoms with van der Waals surface area (Å²) in [5, 5.41) is 0.601. The molecule has 0 fully saturated rings. The molecule has 0 aliphatic rings. The SMILES string of the molecule is CC(OC(C)(C)C)c1nc2ccccc2c(=O)[nH]1. The average molecular weight is 246 g/mol. The number of H-pyrrole nitrogens is 1. The van der Waals surface area contributed by atoms with Gasteiger partial charge in [-0.25, -0.2) is 4.98 Å². The quantitative estimate of drug-likeness (QED) is 0.886. The molecule has 1 aromatic carbocycles. The third-order valence-corrected chi connectivity index (χ3v) is 2.55. The molecule has 0 bridgehead atoms. The minimum Gasteiger partial charge on any atom is -0.365 e. The molecule has 0 radical (unpaired) electrons. The first-order chi connectivity index (χ1) is 8.37. The first kappa shape index (κ1) is 12.8. The van der Waals surface area contributed by atoms with Gasteiger partial charge >= 0.3 is 0 Å². The first-order valence-corrected chi connectivity index (χ1v) is 6.03. The number of rotatable bonds is 2. The third-order valence-electron chi connectivity index (χ3n) is 2.55. The normalized spacial score (nSPS) is 13.8. The Morgan fingerprint density at radius 3 is 2.61 bits per heavy atom. The van der Waals surface area contributed by atoms with Gasteiger partial charge in [0.25, 0.3) is 5.56 Å². The Kier molecular flexibility index (Phi) is 3.22. The van der Waals surface area contributed by atoms with Crippen LogP contribution < -0.4 is 5.56 Å². The summed E-state index contributed by atoms with van der Waals surface area (Å²) in [6.45, 7) is 7.81. The lowest BCUT2D eigenvalue weighted by Gasteiger charge is -2.24. The van der Waals surface area contributed by atoms with Gasteiger partial charge in [0.15, 0.2) is 0 Å². The smallest absolute Gasteiger partial charge is 0.258 e. The zero-order valence-electron chi connectivity index (χ0n) is 11.2. The van der Waals surface area contributed by atoms with Crippen molar-refractivity contribution in [2.24, 2.45) is 0 Å². The van der Waals surface area contributed by atoms with Gasteiger partial charge in [-0.3, -0.25) is 4.79 Å². The number of hydrogen-bond donors (Lipinski definition) is 1. The molecule has 1 N–H and O–H groups in total. The van der Waals surface area contributed by atoms with Crippen molar-refractivity contribution in [2.75, 3.05) is 0 Å². The van der Waals surface area contributed by atoms with E-state index in [9.17, 15) is 4.79 Å². The maximum absolute atomic E-state index is 11.9. The minimum atomic E-state index is -0.274. The molecule has 96 valence electrons. The van der Waals surface area contributed by atoms with Crippen LogP contribution in [0.4, 0.5) is 0 Å². The third kappa shape index (κ3) is 2.76. The molecule has 0 aliphatic carbocycles. The van der Waals surface area contributed by atoms with E-state index < -0.39 is 0 Å². The van der Waals surface area contributed by atoms with Gasteiger partial charge in [-0.15, -0.1) is 0 Å². The number of nitrogens with one attached hydrogen (secondary N) is 1. The highest BCUT2D eigenvalue weighted by atomic mass is 16.5. The van der Waals surface area contributed by atoms with E-state index in [4.69, 9.17) is 4.74 Å². The Hall–Kier alpha value is -1.68. The van der Waals surface area contributed by atoms with Crippen molar-refractivity contribution in [2.45, 2.75) is 39.4 Å². The summed E-state index contributed by atoms with van der Waals surface area (Å²) < 4.78 is 5.79. The van der Waals surface area contributed by atoms with Gasteiger partial charge in [-0.05, 0) is 39.8 Å². The lowest BCUT2D eigenvalue weighted by atomic mass is 10.2. The summed E-state index contributed by atoms with van der Waals surface area (Å²) in [5.74, 6) is 0.564. The topological polar surface area (TPSA) is 55.0 Å². The van der Waals surface area contributed by atoms with E-state index in [1.54, 1.807) is 6.07 Å². The van der Waals surface area contributed by atoms with Crippen molar-refractivity contribution in [1.82, 2.24) is 9.97 Å². The van der Waals surface area contributed by atoms with Crippen molar-refractivity contribution in [1.29, 1.82) is 0 Å². The molecule has 1 aromatic heterocycles. The number of ether oxygens (including phenoxy) is 1. The van der Waals surface area contributed by atoms with Crippen molar-refractivity contribution >= 4 is 10.9 Å². The first-order valence-electron chi connectivity index (χ1n) is 6.03. The fraction of sp³-hybridized carbons (Fsp3) is 0.429. The summed E-state index contributed by atoms with van der Waals surface area (Å²) in [5.41, 5.74) is 0.296. The molecule has 0 amide bonds. The van der Waals surface area contributed by atoms with Gasteiger partial charge in [-0.2, -0.15) is 0 Å². The molecule has 4 nitrogen and oxygen atoms in total. The Morgan fingerprint density at radius 2 is 1.94 bits per heavy atom. The number of aromatic amines is 1. The van der Waals surface area contributed by atoms with Crippen molar-refractivity contribution in [3.63, 3.8) is 0 Å². The standard InChI is InChI=1S/C14H18N2O2/c1-9(18-14(2,3)4)12-15-11-8-6-5-7-10(11)13(17)16-12/h5-9H,1-4H3,(H,15,16,17). The predicted octanol–water partition coefficient (Wildman–Crippen LogP) is 2.80. The van der Waals surface area contributed by atoms with Gasteiger partial charge < -0.3 is 9.72 Å². The molecule has 18 heavy (non-hydrogen) atoms. The van der Waals surface area contributed by atoms with E-state index in [2.05, 4.69) is 9.97 Å². The van der Waals surface area contributed by atoms with E-state index >= 15 is 0 Å². The van der Waals surface area contributed by atoms with Crippen LogP contribution in [0, 0.1) is 0 Å². The van der Waals surface area contributed by atoms with Crippen LogP contribution in [0.5, 0.6) is 0 Å². The molecule has 2 rings (SSSR count). The Morgan fingerprint density at radius 1 is 1.28 bits per heavy atom. The minimum absolute atomic E-state index is 0.125. The molecule has 1 heterocycles. The summed E-state index contributed by atoms with van der Waals surface area (Å²) in [6.07, 6.45) is -0.248. The van der Waals surface area contributed by atoms with E-state index in [-0.39, 0.29) is 17.3 Å². The monoisotopic (exact) mass is 246 g/mol. The van der Waals surface area contributed by atoms with Crippen LogP contribution in [0.15, 0.2) is 29.1 Å². The predicted molar refractivity (Wildman–Crippen MR) is 71.6 cm³/mol. The summed E-state index contributed by atoms with van der Waals surface area (Å²) >= 11 is 0. The Balaban J connectivity index is 2.44. The van der Waals surface area contributed by atoms with Gasteiger partial charge in [0.1, 0.15) is 11.9 Å². The van der Waals surface area contributed by atoms with Crippen LogP contribution in [-0.4, -0.2) is 15.6 Å². The molecule has 4 heteroatoms. The number of nitrogens with zero attached hydrogens (tertiary/aromatic N) is 1. The highest BCUT2D eigenvalue weighted by Gasteiger charge is 2.18. The van der Waals surface area contributed by atoms with Crippen LogP contribution in [0.3, 0.4) is 0 Å². The van der Waals surface area contributed by atoms with Gasteiger partial charge in [0.05, 0.1) is 16.5 Å². The lowest BCUT2D eigenvalue weighted by Crippen LogP contribution is -2.24. The number of fused-ring (bicyclic) bond motifs is 1. The molecule has 0 spiro atoms. The molecular formula is C14H18N2O2.